The van der Waals surface area contributed by atoms with Crippen LogP contribution in [0, 0.1) is 17.1 Å². The summed E-state index contributed by atoms with van der Waals surface area (Å²) in [5.41, 5.74) is 3.21. The Morgan fingerprint density at radius 2 is 1.89 bits per heavy atom. The van der Waals surface area contributed by atoms with Gasteiger partial charge < -0.3 is 19.7 Å². The van der Waals surface area contributed by atoms with E-state index in [1.165, 1.54) is 23.5 Å². The van der Waals surface area contributed by atoms with Crippen molar-refractivity contribution in [2.45, 2.75) is 18.9 Å². The van der Waals surface area contributed by atoms with Crippen LogP contribution < -0.4 is 20.7 Å². The molecule has 3 heterocycles. The molecule has 2 aromatic carbocycles. The van der Waals surface area contributed by atoms with Gasteiger partial charge in [0.15, 0.2) is 5.13 Å². The van der Waals surface area contributed by atoms with Gasteiger partial charge in [0, 0.05) is 67.5 Å². The van der Waals surface area contributed by atoms with E-state index in [-0.39, 0.29) is 17.4 Å². The highest BCUT2D eigenvalue weighted by Gasteiger charge is 2.28. The van der Waals surface area contributed by atoms with E-state index in [2.05, 4.69) is 22.4 Å². The van der Waals surface area contributed by atoms with Crippen LogP contribution in [-0.2, 0) is 0 Å². The standard InChI is InChI=1S/C27H25FN6OS/c1-32(27-31-25(24(15-29)36-27)17-2-4-18(28)5-3-17)23-16-34(19-6-7-19)26(35)21-9-8-20(14-22(21)23)33-12-10-30-11-13-33/h2-5,8-9,14,16,19,30H,6-7,10-13H2,1H3. The van der Waals surface area contributed by atoms with Gasteiger partial charge in [0.05, 0.1) is 5.69 Å². The van der Waals surface area contributed by atoms with E-state index in [1.54, 1.807) is 12.1 Å². The van der Waals surface area contributed by atoms with Crippen LogP contribution in [0.25, 0.3) is 22.0 Å². The van der Waals surface area contributed by atoms with E-state index >= 15 is 0 Å². The first kappa shape index (κ1) is 22.7. The molecule has 36 heavy (non-hydrogen) atoms. The van der Waals surface area contributed by atoms with Gasteiger partial charge in [-0.05, 0) is 55.3 Å². The monoisotopic (exact) mass is 500 g/mol. The van der Waals surface area contributed by atoms with Crippen LogP contribution in [0.1, 0.15) is 23.8 Å². The lowest BCUT2D eigenvalue weighted by atomic mass is 10.1. The molecule has 6 rings (SSSR count). The highest BCUT2D eigenvalue weighted by Crippen LogP contribution is 2.40. The number of halogens is 1. The maximum atomic E-state index is 13.5. The third-order valence-electron chi connectivity index (χ3n) is 6.91. The fourth-order valence-corrected chi connectivity index (χ4v) is 5.64. The highest BCUT2D eigenvalue weighted by atomic mass is 32.1. The minimum Gasteiger partial charge on any atom is -0.369 e. The predicted molar refractivity (Wildman–Crippen MR) is 142 cm³/mol. The Labute approximate surface area is 212 Å². The van der Waals surface area contributed by atoms with Crippen molar-refractivity contribution in [2.24, 2.45) is 0 Å². The van der Waals surface area contributed by atoms with Crippen molar-refractivity contribution in [3.05, 3.63) is 69.7 Å². The van der Waals surface area contributed by atoms with Gasteiger partial charge >= 0.3 is 0 Å². The fraction of sp³-hybridized carbons (Fsp3) is 0.296. The van der Waals surface area contributed by atoms with Crippen LogP contribution in [0.2, 0.25) is 0 Å². The quantitative estimate of drug-likeness (QED) is 0.430. The lowest BCUT2D eigenvalue weighted by molar-refractivity contribution is 0.589. The molecular formula is C27H25FN6OS. The van der Waals surface area contributed by atoms with Crippen molar-refractivity contribution in [3.8, 4) is 17.3 Å². The molecule has 9 heteroatoms. The van der Waals surface area contributed by atoms with Crippen LogP contribution in [0.3, 0.4) is 0 Å². The Balaban J connectivity index is 1.48. The second kappa shape index (κ2) is 9.04. The van der Waals surface area contributed by atoms with Gasteiger partial charge in [-0.25, -0.2) is 9.37 Å². The lowest BCUT2D eigenvalue weighted by Crippen LogP contribution is -2.43. The molecule has 1 saturated carbocycles. The van der Waals surface area contributed by atoms with Crippen molar-refractivity contribution < 1.29 is 4.39 Å². The van der Waals surface area contributed by atoms with Gasteiger partial charge in [0.2, 0.25) is 0 Å². The molecule has 0 bridgehead atoms. The molecule has 7 nitrogen and oxygen atoms in total. The Morgan fingerprint density at radius 3 is 2.58 bits per heavy atom. The summed E-state index contributed by atoms with van der Waals surface area (Å²) in [4.78, 5) is 22.9. The number of thiazole rings is 1. The molecule has 0 spiro atoms. The second-order valence-electron chi connectivity index (χ2n) is 9.28. The number of pyridine rings is 1. The van der Waals surface area contributed by atoms with Crippen LogP contribution in [0.4, 0.5) is 20.9 Å². The average Bonchev–Trinajstić information content (AvgIpc) is 3.67. The average molecular weight is 501 g/mol. The van der Waals surface area contributed by atoms with E-state index < -0.39 is 0 Å². The largest absolute Gasteiger partial charge is 0.369 e. The predicted octanol–water partition coefficient (Wildman–Crippen LogP) is 4.65. The molecule has 0 unspecified atom stereocenters. The molecule has 1 N–H and O–H groups in total. The van der Waals surface area contributed by atoms with Crippen molar-refractivity contribution >= 4 is 38.6 Å². The topological polar surface area (TPSA) is 77.2 Å². The summed E-state index contributed by atoms with van der Waals surface area (Å²) < 4.78 is 15.3. The van der Waals surface area contributed by atoms with E-state index in [0.717, 1.165) is 55.8 Å². The molecule has 2 aliphatic rings. The Bertz CT molecular complexity index is 1540. The molecule has 0 amide bonds. The molecule has 182 valence electrons. The number of benzene rings is 2. The van der Waals surface area contributed by atoms with Crippen molar-refractivity contribution in [1.29, 1.82) is 5.26 Å². The van der Waals surface area contributed by atoms with Crippen molar-refractivity contribution in [2.75, 3.05) is 43.0 Å². The normalized spacial score (nSPS) is 15.8. The number of piperazine rings is 1. The Kier molecular flexibility index (Phi) is 5.70. The second-order valence-corrected chi connectivity index (χ2v) is 10.3. The number of fused-ring (bicyclic) bond motifs is 1. The number of nitrogens with one attached hydrogen (secondary N) is 1. The van der Waals surface area contributed by atoms with Gasteiger partial charge in [-0.1, -0.05) is 11.3 Å². The van der Waals surface area contributed by atoms with E-state index in [9.17, 15) is 14.4 Å². The highest BCUT2D eigenvalue weighted by molar-refractivity contribution is 7.16. The van der Waals surface area contributed by atoms with Crippen LogP contribution in [-0.4, -0.2) is 42.8 Å². The number of anilines is 3. The number of hydrogen-bond donors (Lipinski definition) is 1. The van der Waals surface area contributed by atoms with Gasteiger partial charge in [-0.2, -0.15) is 5.26 Å². The number of nitrogens with zero attached hydrogens (tertiary/aromatic N) is 5. The molecule has 4 aromatic rings. The van der Waals surface area contributed by atoms with Crippen molar-refractivity contribution in [3.63, 3.8) is 0 Å². The van der Waals surface area contributed by atoms with Gasteiger partial charge in [-0.15, -0.1) is 0 Å². The molecule has 2 fully saturated rings. The zero-order chi connectivity index (χ0) is 24.8. The van der Waals surface area contributed by atoms with E-state index in [1.807, 2.05) is 34.8 Å². The van der Waals surface area contributed by atoms with E-state index in [0.29, 0.717) is 26.7 Å². The van der Waals surface area contributed by atoms with Gasteiger partial charge in [0.1, 0.15) is 22.5 Å². The van der Waals surface area contributed by atoms with E-state index in [4.69, 9.17) is 4.98 Å². The lowest BCUT2D eigenvalue weighted by Gasteiger charge is -2.30. The Hall–Kier alpha value is -3.74. The summed E-state index contributed by atoms with van der Waals surface area (Å²) in [7, 11) is 1.92. The minimum atomic E-state index is -0.334. The number of rotatable bonds is 5. The van der Waals surface area contributed by atoms with Crippen LogP contribution >= 0.6 is 11.3 Å². The molecule has 2 aromatic heterocycles. The number of nitriles is 1. The SMILES string of the molecule is CN(c1nc(-c2ccc(F)cc2)c(C#N)s1)c1cn(C2CC2)c(=O)c2ccc(N3CCNCC3)cc12. The number of aromatic nitrogens is 2. The molecule has 1 aliphatic heterocycles. The minimum absolute atomic E-state index is 0.0281. The first-order chi connectivity index (χ1) is 17.5. The maximum Gasteiger partial charge on any atom is 0.258 e. The first-order valence-corrected chi connectivity index (χ1v) is 12.9. The number of hydrogen-bond acceptors (Lipinski definition) is 7. The summed E-state index contributed by atoms with van der Waals surface area (Å²) >= 11 is 1.29. The maximum absolute atomic E-state index is 13.5. The molecule has 0 atom stereocenters. The van der Waals surface area contributed by atoms with Gasteiger partial charge in [0.25, 0.3) is 5.56 Å². The summed E-state index contributed by atoms with van der Waals surface area (Å²) in [6, 6.07) is 14.6. The van der Waals surface area contributed by atoms with Crippen LogP contribution in [0.5, 0.6) is 0 Å². The summed E-state index contributed by atoms with van der Waals surface area (Å²) in [5.74, 6) is -0.334. The molecule has 1 saturated heterocycles. The zero-order valence-corrected chi connectivity index (χ0v) is 20.7. The molecule has 1 aliphatic carbocycles. The van der Waals surface area contributed by atoms with Gasteiger partial charge in [-0.3, -0.25) is 4.79 Å². The third kappa shape index (κ3) is 4.02. The third-order valence-corrected chi connectivity index (χ3v) is 7.95. The fourth-order valence-electron chi connectivity index (χ4n) is 4.78. The zero-order valence-electron chi connectivity index (χ0n) is 19.9. The Morgan fingerprint density at radius 1 is 1.14 bits per heavy atom. The van der Waals surface area contributed by atoms with Crippen LogP contribution in [0.15, 0.2) is 53.5 Å². The summed E-state index contributed by atoms with van der Waals surface area (Å²) in [6.45, 7) is 3.68. The molecule has 0 radical (unpaired) electrons. The molecular weight excluding hydrogens is 475 g/mol. The summed E-state index contributed by atoms with van der Waals surface area (Å²) in [5, 5.41) is 15.4. The smallest absolute Gasteiger partial charge is 0.258 e. The summed E-state index contributed by atoms with van der Waals surface area (Å²) in [6.07, 6.45) is 3.94. The first-order valence-electron chi connectivity index (χ1n) is 12.1. The van der Waals surface area contributed by atoms with Crippen molar-refractivity contribution in [1.82, 2.24) is 14.9 Å².